The Morgan fingerprint density at radius 2 is 2.13 bits per heavy atom. The lowest BCUT2D eigenvalue weighted by molar-refractivity contribution is -0.119. The van der Waals surface area contributed by atoms with Gasteiger partial charge in [0.2, 0.25) is 5.91 Å². The van der Waals surface area contributed by atoms with Crippen molar-refractivity contribution in [3.05, 3.63) is 10.9 Å². The van der Waals surface area contributed by atoms with Gasteiger partial charge in [-0.1, -0.05) is 0 Å². The normalized spacial score (nSPS) is 20.5. The van der Waals surface area contributed by atoms with Gasteiger partial charge in [-0.2, -0.15) is 0 Å². The topological polar surface area (TPSA) is 49.3 Å². The molecule has 1 atom stereocenters. The summed E-state index contributed by atoms with van der Waals surface area (Å²) in [6, 6.07) is -0.190. The van der Waals surface area contributed by atoms with Crippen LogP contribution in [0.5, 0.6) is 0 Å². The summed E-state index contributed by atoms with van der Waals surface area (Å²) in [6.07, 6.45) is 1.65. The maximum Gasteiger partial charge on any atom is 0.249 e. The summed E-state index contributed by atoms with van der Waals surface area (Å²) >= 11 is 3.22. The van der Waals surface area contributed by atoms with Gasteiger partial charge in [0, 0.05) is 14.1 Å². The highest BCUT2D eigenvalue weighted by Gasteiger charge is 2.32. The zero-order valence-electron chi connectivity index (χ0n) is 8.73. The molecule has 0 fully saturated rings. The summed E-state index contributed by atoms with van der Waals surface area (Å²) < 4.78 is 0.531. The third-order valence-electron chi connectivity index (χ3n) is 2.68. The molecule has 1 aromatic rings. The molecule has 0 spiro atoms. The highest BCUT2D eigenvalue weighted by atomic mass is 79.9. The first kappa shape index (κ1) is 10.4. The molecule has 0 unspecified atom stereocenters. The molecular weight excluding hydrogens is 260 g/mol. The van der Waals surface area contributed by atoms with E-state index in [1.54, 1.807) is 18.1 Å². The van der Waals surface area contributed by atoms with Crippen LogP contribution in [0.2, 0.25) is 0 Å². The number of hydrogen-bond donors (Lipinski definition) is 0. The van der Waals surface area contributed by atoms with E-state index in [9.17, 15) is 4.79 Å². The van der Waals surface area contributed by atoms with Gasteiger partial charge in [0.1, 0.15) is 11.7 Å². The van der Waals surface area contributed by atoms with Gasteiger partial charge in [0.15, 0.2) is 10.6 Å². The van der Waals surface area contributed by atoms with Gasteiger partial charge in [-0.25, -0.2) is 9.97 Å². The molecule has 0 aromatic carbocycles. The van der Waals surface area contributed by atoms with Crippen LogP contribution in [-0.4, -0.2) is 36.0 Å². The second-order valence-electron chi connectivity index (χ2n) is 3.53. The zero-order valence-corrected chi connectivity index (χ0v) is 10.3. The minimum absolute atomic E-state index is 0.0518. The third kappa shape index (κ3) is 1.49. The van der Waals surface area contributed by atoms with E-state index >= 15 is 0 Å². The number of likely N-dealkylation sites (N-methyl/N-ethyl adjacent to an activating group) is 2. The highest BCUT2D eigenvalue weighted by molar-refractivity contribution is 9.10. The SMILES string of the molecule is C[C@@H]1C(=O)N(C)c2cnc(Br)nc2N1C. The molecule has 15 heavy (non-hydrogen) atoms. The van der Waals surface area contributed by atoms with E-state index in [4.69, 9.17) is 0 Å². The van der Waals surface area contributed by atoms with Gasteiger partial charge in [-0.15, -0.1) is 0 Å². The molecule has 0 N–H and O–H groups in total. The molecule has 0 aliphatic carbocycles. The predicted molar refractivity (Wildman–Crippen MR) is 61.0 cm³/mol. The molecule has 6 heteroatoms. The van der Waals surface area contributed by atoms with E-state index in [2.05, 4.69) is 25.9 Å². The number of anilines is 2. The number of carbonyl (C=O) groups is 1. The van der Waals surface area contributed by atoms with E-state index < -0.39 is 0 Å². The first-order valence-electron chi connectivity index (χ1n) is 4.55. The Hall–Kier alpha value is -1.17. The van der Waals surface area contributed by atoms with Crippen LogP contribution in [0.4, 0.5) is 11.5 Å². The van der Waals surface area contributed by atoms with Crippen molar-refractivity contribution in [2.45, 2.75) is 13.0 Å². The van der Waals surface area contributed by atoms with Crippen LogP contribution >= 0.6 is 15.9 Å². The van der Waals surface area contributed by atoms with Gasteiger partial charge in [-0.3, -0.25) is 4.79 Å². The number of hydrogen-bond acceptors (Lipinski definition) is 4. The quantitative estimate of drug-likeness (QED) is 0.661. The standard InChI is InChI=1S/C9H11BrN4O/c1-5-8(15)14(3)6-4-11-9(10)12-7(6)13(5)2/h4-5H,1-3H3/t5-/m1/s1. The summed E-state index contributed by atoms with van der Waals surface area (Å²) in [5.74, 6) is 0.822. The van der Waals surface area contributed by atoms with Crippen LogP contribution in [0, 0.1) is 0 Å². The third-order valence-corrected chi connectivity index (χ3v) is 3.07. The van der Waals surface area contributed by atoms with Gasteiger partial charge in [0.25, 0.3) is 0 Å². The Kier molecular flexibility index (Phi) is 2.38. The first-order chi connectivity index (χ1) is 7.02. The molecule has 0 saturated heterocycles. The summed E-state index contributed by atoms with van der Waals surface area (Å²) in [5, 5.41) is 0. The van der Waals surface area contributed by atoms with Crippen molar-refractivity contribution in [3.8, 4) is 0 Å². The number of amides is 1. The smallest absolute Gasteiger partial charge is 0.249 e. The molecular formula is C9H11BrN4O. The Bertz CT molecular complexity index is 423. The lowest BCUT2D eigenvalue weighted by Crippen LogP contribution is -2.49. The number of halogens is 1. The lowest BCUT2D eigenvalue weighted by atomic mass is 10.2. The average Bonchev–Trinajstić information content (AvgIpc) is 2.23. The molecule has 1 aromatic heterocycles. The van der Waals surface area contributed by atoms with E-state index in [0.717, 1.165) is 11.5 Å². The van der Waals surface area contributed by atoms with Crippen LogP contribution in [0.1, 0.15) is 6.92 Å². The largest absolute Gasteiger partial charge is 0.346 e. The Morgan fingerprint density at radius 1 is 1.47 bits per heavy atom. The molecule has 1 aliphatic rings. The highest BCUT2D eigenvalue weighted by Crippen LogP contribution is 2.32. The maximum atomic E-state index is 11.8. The van der Waals surface area contributed by atoms with E-state index in [-0.39, 0.29) is 11.9 Å². The molecule has 0 bridgehead atoms. The van der Waals surface area contributed by atoms with Gasteiger partial charge >= 0.3 is 0 Å². The summed E-state index contributed by atoms with van der Waals surface area (Å²) in [5.41, 5.74) is 0.740. The number of carbonyl (C=O) groups excluding carboxylic acids is 1. The summed E-state index contributed by atoms with van der Waals surface area (Å²) in [4.78, 5) is 23.5. The number of nitrogens with zero attached hydrogens (tertiary/aromatic N) is 4. The van der Waals surface area contributed by atoms with Crippen molar-refractivity contribution in [2.75, 3.05) is 23.9 Å². The molecule has 0 radical (unpaired) electrons. The second-order valence-corrected chi connectivity index (χ2v) is 4.24. The Balaban J connectivity index is 2.58. The molecule has 80 valence electrons. The molecule has 1 aliphatic heterocycles. The van der Waals surface area contributed by atoms with Crippen molar-refractivity contribution < 1.29 is 4.79 Å². The van der Waals surface area contributed by atoms with Crippen LogP contribution in [-0.2, 0) is 4.79 Å². The van der Waals surface area contributed by atoms with Crippen LogP contribution in [0.15, 0.2) is 10.9 Å². The van der Waals surface area contributed by atoms with Crippen LogP contribution in [0.25, 0.3) is 0 Å². The fraction of sp³-hybridized carbons (Fsp3) is 0.444. The van der Waals surface area contributed by atoms with E-state index in [1.807, 2.05) is 18.9 Å². The van der Waals surface area contributed by atoms with Crippen molar-refractivity contribution in [1.29, 1.82) is 0 Å². The summed E-state index contributed by atoms with van der Waals surface area (Å²) in [6.45, 7) is 1.86. The molecule has 5 nitrogen and oxygen atoms in total. The second kappa shape index (κ2) is 3.44. The Labute approximate surface area is 96.2 Å². The minimum atomic E-state index is -0.190. The van der Waals surface area contributed by atoms with E-state index in [0.29, 0.717) is 4.73 Å². The number of aromatic nitrogens is 2. The fourth-order valence-corrected chi connectivity index (χ4v) is 1.86. The first-order valence-corrected chi connectivity index (χ1v) is 5.34. The van der Waals surface area contributed by atoms with Gasteiger partial charge in [0.05, 0.1) is 6.20 Å². The summed E-state index contributed by atoms with van der Waals surface area (Å²) in [7, 11) is 3.59. The van der Waals surface area contributed by atoms with Crippen molar-refractivity contribution >= 4 is 33.3 Å². The van der Waals surface area contributed by atoms with Crippen molar-refractivity contribution in [2.24, 2.45) is 0 Å². The monoisotopic (exact) mass is 270 g/mol. The van der Waals surface area contributed by atoms with Crippen LogP contribution < -0.4 is 9.80 Å². The zero-order chi connectivity index (χ0) is 11.2. The van der Waals surface area contributed by atoms with Gasteiger partial charge < -0.3 is 9.80 Å². The molecule has 2 heterocycles. The maximum absolute atomic E-state index is 11.8. The molecule has 0 saturated carbocycles. The van der Waals surface area contributed by atoms with Crippen molar-refractivity contribution in [3.63, 3.8) is 0 Å². The predicted octanol–water partition coefficient (Wildman–Crippen LogP) is 1.04. The molecule has 1 amide bonds. The van der Waals surface area contributed by atoms with Gasteiger partial charge in [-0.05, 0) is 22.9 Å². The fourth-order valence-electron chi connectivity index (χ4n) is 1.59. The van der Waals surface area contributed by atoms with Crippen LogP contribution in [0.3, 0.4) is 0 Å². The minimum Gasteiger partial charge on any atom is -0.346 e. The molecule has 2 rings (SSSR count). The van der Waals surface area contributed by atoms with E-state index in [1.165, 1.54) is 0 Å². The lowest BCUT2D eigenvalue weighted by Gasteiger charge is -2.36. The Morgan fingerprint density at radius 3 is 2.80 bits per heavy atom. The average molecular weight is 271 g/mol. The number of rotatable bonds is 0. The number of fused-ring (bicyclic) bond motifs is 1. The van der Waals surface area contributed by atoms with Crippen molar-refractivity contribution in [1.82, 2.24) is 9.97 Å².